The van der Waals surface area contributed by atoms with Gasteiger partial charge < -0.3 is 9.80 Å². The molecule has 0 bridgehead atoms. The second kappa shape index (κ2) is 9.90. The number of aromatic nitrogens is 1. The lowest BCUT2D eigenvalue weighted by Gasteiger charge is -2.26. The number of carbonyl (C=O) groups excluding carboxylic acids is 2. The van der Waals surface area contributed by atoms with Crippen molar-refractivity contribution in [2.24, 2.45) is 11.8 Å². The highest BCUT2D eigenvalue weighted by molar-refractivity contribution is 5.83. The molecule has 4 rings (SSSR count). The van der Waals surface area contributed by atoms with E-state index in [1.165, 1.54) is 0 Å². The van der Waals surface area contributed by atoms with Crippen LogP contribution in [0.15, 0.2) is 61.4 Å². The van der Waals surface area contributed by atoms with E-state index in [0.717, 1.165) is 42.4 Å². The summed E-state index contributed by atoms with van der Waals surface area (Å²) in [6, 6.07) is 12.3. The average molecular weight is 418 g/mol. The van der Waals surface area contributed by atoms with Crippen molar-refractivity contribution in [3.63, 3.8) is 0 Å². The number of carbonyl (C=O) groups is 2. The normalized spacial score (nSPS) is 20.0. The molecule has 2 aromatic rings. The number of rotatable bonds is 6. The Kier molecular flexibility index (Phi) is 6.80. The molecular weight excluding hydrogens is 386 g/mol. The van der Waals surface area contributed by atoms with Crippen molar-refractivity contribution in [2.75, 3.05) is 26.2 Å². The maximum absolute atomic E-state index is 13.3. The zero-order valence-electron chi connectivity index (χ0n) is 18.1. The van der Waals surface area contributed by atoms with Crippen LogP contribution in [0.5, 0.6) is 0 Å². The van der Waals surface area contributed by atoms with Crippen LogP contribution < -0.4 is 0 Å². The van der Waals surface area contributed by atoms with Gasteiger partial charge in [-0.2, -0.15) is 0 Å². The molecule has 1 aliphatic heterocycles. The smallest absolute Gasteiger partial charge is 0.228 e. The van der Waals surface area contributed by atoms with Gasteiger partial charge in [0.15, 0.2) is 0 Å². The first-order valence-corrected chi connectivity index (χ1v) is 11.3. The summed E-state index contributed by atoms with van der Waals surface area (Å²) in [5.41, 5.74) is 3.33. The summed E-state index contributed by atoms with van der Waals surface area (Å²) in [4.78, 5) is 34.3. The second-order valence-electron chi connectivity index (χ2n) is 8.68. The third-order valence-electron chi connectivity index (χ3n) is 6.53. The van der Waals surface area contributed by atoms with E-state index in [1.54, 1.807) is 18.5 Å². The lowest BCUT2D eigenvalue weighted by atomic mass is 9.94. The predicted molar refractivity (Wildman–Crippen MR) is 122 cm³/mol. The van der Waals surface area contributed by atoms with Crippen LogP contribution in [0.2, 0.25) is 0 Å². The Morgan fingerprint density at radius 1 is 1.10 bits per heavy atom. The molecule has 1 aromatic heterocycles. The maximum Gasteiger partial charge on any atom is 0.228 e. The van der Waals surface area contributed by atoms with Crippen LogP contribution in [-0.4, -0.2) is 52.8 Å². The predicted octanol–water partition coefficient (Wildman–Crippen LogP) is 3.95. The summed E-state index contributed by atoms with van der Waals surface area (Å²) >= 11 is 0. The van der Waals surface area contributed by atoms with Gasteiger partial charge in [-0.05, 0) is 48.1 Å². The lowest BCUT2D eigenvalue weighted by Crippen LogP contribution is -2.40. The lowest BCUT2D eigenvalue weighted by molar-refractivity contribution is -0.136. The van der Waals surface area contributed by atoms with Crippen molar-refractivity contribution in [2.45, 2.75) is 32.1 Å². The van der Waals surface area contributed by atoms with Gasteiger partial charge in [0.2, 0.25) is 11.8 Å². The monoisotopic (exact) mass is 417 g/mol. The van der Waals surface area contributed by atoms with E-state index in [0.29, 0.717) is 32.6 Å². The third kappa shape index (κ3) is 5.04. The average Bonchev–Trinajstić information content (AvgIpc) is 3.30. The van der Waals surface area contributed by atoms with E-state index < -0.39 is 0 Å². The first-order valence-electron chi connectivity index (χ1n) is 11.3. The van der Waals surface area contributed by atoms with Gasteiger partial charge in [-0.1, -0.05) is 43.2 Å². The maximum atomic E-state index is 13.3. The Hall–Kier alpha value is -2.95. The highest BCUT2D eigenvalue weighted by atomic mass is 16.2. The number of nitrogens with zero attached hydrogens (tertiary/aromatic N) is 3. The number of pyridine rings is 1. The van der Waals surface area contributed by atoms with Gasteiger partial charge in [0.1, 0.15) is 0 Å². The van der Waals surface area contributed by atoms with E-state index >= 15 is 0 Å². The quantitative estimate of drug-likeness (QED) is 0.669. The SMILES string of the molecule is C=CCN1CCN(C(=O)C2CCCC2)C[C@H](Cc2cccc(-c3ccncc3)c2)C1=O. The molecule has 1 saturated heterocycles. The number of hydrogen-bond donors (Lipinski definition) is 0. The van der Waals surface area contributed by atoms with Gasteiger partial charge in [0, 0.05) is 44.5 Å². The molecule has 2 amide bonds. The number of amides is 2. The highest BCUT2D eigenvalue weighted by Crippen LogP contribution is 2.28. The summed E-state index contributed by atoms with van der Waals surface area (Å²) in [6.45, 7) is 6.03. The fraction of sp³-hybridized carbons (Fsp3) is 0.423. The second-order valence-corrected chi connectivity index (χ2v) is 8.68. The van der Waals surface area contributed by atoms with Crippen molar-refractivity contribution in [1.82, 2.24) is 14.8 Å². The molecule has 0 radical (unpaired) electrons. The number of hydrogen-bond acceptors (Lipinski definition) is 3. The van der Waals surface area contributed by atoms with Crippen molar-refractivity contribution < 1.29 is 9.59 Å². The van der Waals surface area contributed by atoms with Crippen molar-refractivity contribution in [3.05, 3.63) is 67.0 Å². The minimum Gasteiger partial charge on any atom is -0.340 e. The molecule has 0 unspecified atom stereocenters. The molecule has 1 saturated carbocycles. The molecule has 5 heteroatoms. The highest BCUT2D eigenvalue weighted by Gasteiger charge is 2.35. The molecule has 2 heterocycles. The molecule has 0 spiro atoms. The Morgan fingerprint density at radius 2 is 1.87 bits per heavy atom. The van der Waals surface area contributed by atoms with Crippen LogP contribution in [-0.2, 0) is 16.0 Å². The van der Waals surface area contributed by atoms with Gasteiger partial charge in [0.05, 0.1) is 5.92 Å². The van der Waals surface area contributed by atoms with Gasteiger partial charge in [-0.25, -0.2) is 0 Å². The fourth-order valence-electron chi connectivity index (χ4n) is 4.87. The summed E-state index contributed by atoms with van der Waals surface area (Å²) in [7, 11) is 0. The molecule has 162 valence electrons. The van der Waals surface area contributed by atoms with Crippen LogP contribution in [0, 0.1) is 11.8 Å². The molecule has 1 aliphatic carbocycles. The molecule has 31 heavy (non-hydrogen) atoms. The Morgan fingerprint density at radius 3 is 2.61 bits per heavy atom. The zero-order chi connectivity index (χ0) is 21.6. The van der Waals surface area contributed by atoms with E-state index in [4.69, 9.17) is 0 Å². The third-order valence-corrected chi connectivity index (χ3v) is 6.53. The molecular formula is C26H31N3O2. The van der Waals surface area contributed by atoms with E-state index in [2.05, 4.69) is 29.8 Å². The zero-order valence-corrected chi connectivity index (χ0v) is 18.1. The van der Waals surface area contributed by atoms with Crippen LogP contribution in [0.1, 0.15) is 31.2 Å². The summed E-state index contributed by atoms with van der Waals surface area (Å²) in [6.07, 6.45) is 10.2. The van der Waals surface area contributed by atoms with Crippen LogP contribution in [0.3, 0.4) is 0 Å². The first kappa shape index (κ1) is 21.3. The van der Waals surface area contributed by atoms with Gasteiger partial charge in [0.25, 0.3) is 0 Å². The molecule has 1 aromatic carbocycles. The summed E-state index contributed by atoms with van der Waals surface area (Å²) < 4.78 is 0. The Balaban J connectivity index is 1.55. The summed E-state index contributed by atoms with van der Waals surface area (Å²) in [5, 5.41) is 0. The summed E-state index contributed by atoms with van der Waals surface area (Å²) in [5.74, 6) is 0.259. The number of benzene rings is 1. The standard InChI is InChI=1S/C26H31N3O2/c1-2-14-28-15-16-29(25(30)22-7-3-4-8-22)19-24(26(28)31)18-20-6-5-9-23(17-20)21-10-12-27-13-11-21/h2,5-6,9-13,17,22,24H,1,3-4,7-8,14-16,18-19H2/t24-/m0/s1. The van der Waals surface area contributed by atoms with E-state index in [1.807, 2.05) is 28.0 Å². The van der Waals surface area contributed by atoms with Crippen molar-refractivity contribution >= 4 is 11.8 Å². The van der Waals surface area contributed by atoms with Gasteiger partial charge in [-0.3, -0.25) is 14.6 Å². The van der Waals surface area contributed by atoms with Crippen LogP contribution >= 0.6 is 0 Å². The van der Waals surface area contributed by atoms with Crippen molar-refractivity contribution in [1.29, 1.82) is 0 Å². The Labute approximate surface area is 184 Å². The minimum atomic E-state index is -0.236. The minimum absolute atomic E-state index is 0.121. The van der Waals surface area contributed by atoms with E-state index in [9.17, 15) is 9.59 Å². The van der Waals surface area contributed by atoms with Crippen LogP contribution in [0.25, 0.3) is 11.1 Å². The van der Waals surface area contributed by atoms with E-state index in [-0.39, 0.29) is 23.7 Å². The first-order chi connectivity index (χ1) is 15.2. The fourth-order valence-corrected chi connectivity index (χ4v) is 4.87. The molecule has 0 N–H and O–H groups in total. The van der Waals surface area contributed by atoms with Crippen molar-refractivity contribution in [3.8, 4) is 11.1 Å². The van der Waals surface area contributed by atoms with Gasteiger partial charge in [-0.15, -0.1) is 6.58 Å². The van der Waals surface area contributed by atoms with Crippen LogP contribution in [0.4, 0.5) is 0 Å². The largest absolute Gasteiger partial charge is 0.340 e. The van der Waals surface area contributed by atoms with Gasteiger partial charge >= 0.3 is 0 Å². The molecule has 2 fully saturated rings. The Bertz CT molecular complexity index is 921. The topological polar surface area (TPSA) is 53.5 Å². The molecule has 2 aliphatic rings. The molecule has 5 nitrogen and oxygen atoms in total. The molecule has 1 atom stereocenters.